The number of carbonyl (C=O) groups excluding carboxylic acids is 1. The molecule has 0 spiro atoms. The summed E-state index contributed by atoms with van der Waals surface area (Å²) in [6.45, 7) is 0.0194. The Balaban J connectivity index is 1.89. The van der Waals surface area contributed by atoms with Crippen LogP contribution in [0.1, 0.15) is 55.3 Å². The lowest BCUT2D eigenvalue weighted by Crippen LogP contribution is -2.24. The number of amides is 1. The van der Waals surface area contributed by atoms with Crippen molar-refractivity contribution >= 4 is 27.6 Å². The van der Waals surface area contributed by atoms with Gasteiger partial charge in [-0.05, 0) is 24.5 Å². The number of benzene rings is 1. The zero-order valence-corrected chi connectivity index (χ0v) is 15.6. The Morgan fingerprint density at radius 2 is 1.88 bits per heavy atom. The number of nitrogens with one attached hydrogen (secondary N) is 2. The molecule has 1 aliphatic rings. The molecule has 0 radical (unpaired) electrons. The molecule has 0 bridgehead atoms. The van der Waals surface area contributed by atoms with E-state index in [9.17, 15) is 18.0 Å². The molecule has 0 aliphatic heterocycles. The van der Waals surface area contributed by atoms with Crippen LogP contribution < -0.4 is 10.0 Å². The molecule has 0 saturated heterocycles. The van der Waals surface area contributed by atoms with Crippen molar-refractivity contribution in [1.29, 1.82) is 0 Å². The fraction of sp³-hybridized carbons (Fsp3) is 0.556. The Hall–Kier alpha value is -2.09. The fourth-order valence-corrected chi connectivity index (χ4v) is 4.44. The Kier molecular flexibility index (Phi) is 7.44. The van der Waals surface area contributed by atoms with Crippen molar-refractivity contribution in [3.63, 3.8) is 0 Å². The third kappa shape index (κ3) is 7.03. The second-order valence-electron chi connectivity index (χ2n) is 6.70. The summed E-state index contributed by atoms with van der Waals surface area (Å²) in [6, 6.07) is 6.28. The number of carbonyl (C=O) groups is 2. The van der Waals surface area contributed by atoms with Gasteiger partial charge in [-0.1, -0.05) is 44.2 Å². The molecule has 1 fully saturated rings. The lowest BCUT2D eigenvalue weighted by molar-refractivity contribution is 0.0983. The number of carboxylic acid groups (broad SMARTS) is 1. The minimum Gasteiger partial charge on any atom is -0.465 e. The van der Waals surface area contributed by atoms with E-state index < -0.39 is 16.1 Å². The van der Waals surface area contributed by atoms with Crippen LogP contribution in [-0.2, 0) is 10.0 Å². The Labute approximate surface area is 154 Å². The van der Waals surface area contributed by atoms with Crippen LogP contribution in [0.25, 0.3) is 0 Å². The molecule has 0 heterocycles. The van der Waals surface area contributed by atoms with Gasteiger partial charge in [0.1, 0.15) is 0 Å². The average molecular weight is 382 g/mol. The zero-order valence-electron chi connectivity index (χ0n) is 14.7. The summed E-state index contributed by atoms with van der Waals surface area (Å²) in [7, 11) is -3.46. The average Bonchev–Trinajstić information content (AvgIpc) is 2.60. The summed E-state index contributed by atoms with van der Waals surface area (Å²) >= 11 is 0. The van der Waals surface area contributed by atoms with Crippen LogP contribution in [0.4, 0.5) is 10.5 Å². The number of hydrogen-bond acceptors (Lipinski definition) is 4. The van der Waals surface area contributed by atoms with E-state index in [1.807, 2.05) is 0 Å². The second kappa shape index (κ2) is 9.56. The molecule has 1 aliphatic carbocycles. The fourth-order valence-electron chi connectivity index (χ4n) is 3.21. The highest BCUT2D eigenvalue weighted by atomic mass is 32.2. The van der Waals surface area contributed by atoms with Crippen molar-refractivity contribution in [3.05, 3.63) is 29.8 Å². The summed E-state index contributed by atoms with van der Waals surface area (Å²) in [5, 5.41) is 10.6. The molecule has 144 valence electrons. The van der Waals surface area contributed by atoms with Crippen molar-refractivity contribution in [2.75, 3.05) is 17.0 Å². The standard InChI is InChI=1S/C18H26N2O5S/c21-17(9-11-19-18(22)23)15-7-4-8-16(13-15)20-26(24,25)12-10-14-5-2-1-3-6-14/h4,7-8,13-14,19-20H,1-3,5-6,9-12H2,(H,22,23). The first-order valence-electron chi connectivity index (χ1n) is 8.96. The quantitative estimate of drug-likeness (QED) is 0.568. The topological polar surface area (TPSA) is 113 Å². The van der Waals surface area contributed by atoms with Gasteiger partial charge in [0.2, 0.25) is 10.0 Å². The summed E-state index contributed by atoms with van der Waals surface area (Å²) in [5.74, 6) is 0.315. The zero-order chi connectivity index (χ0) is 19.0. The second-order valence-corrected chi connectivity index (χ2v) is 8.54. The number of rotatable bonds is 9. The Morgan fingerprint density at radius 1 is 1.15 bits per heavy atom. The Morgan fingerprint density at radius 3 is 2.58 bits per heavy atom. The summed E-state index contributed by atoms with van der Waals surface area (Å²) in [6.07, 6.45) is 5.30. The Bertz CT molecular complexity index is 727. The number of ketones is 1. The van der Waals surface area contributed by atoms with Crippen LogP contribution in [0.2, 0.25) is 0 Å². The van der Waals surface area contributed by atoms with E-state index in [1.165, 1.54) is 25.3 Å². The predicted molar refractivity (Wildman–Crippen MR) is 100 cm³/mol. The van der Waals surface area contributed by atoms with E-state index in [2.05, 4.69) is 10.0 Å². The molecule has 7 nitrogen and oxygen atoms in total. The van der Waals surface area contributed by atoms with Crippen LogP contribution in [0.15, 0.2) is 24.3 Å². The van der Waals surface area contributed by atoms with Crippen LogP contribution >= 0.6 is 0 Å². The minimum atomic E-state index is -3.46. The smallest absolute Gasteiger partial charge is 0.404 e. The molecular weight excluding hydrogens is 356 g/mol. The number of sulfonamides is 1. The highest BCUT2D eigenvalue weighted by Crippen LogP contribution is 2.26. The maximum absolute atomic E-state index is 12.3. The van der Waals surface area contributed by atoms with Gasteiger partial charge >= 0.3 is 6.09 Å². The molecular formula is C18H26N2O5S. The first kappa shape index (κ1) is 20.2. The SMILES string of the molecule is O=C(O)NCCC(=O)c1cccc(NS(=O)(=O)CCC2CCCCC2)c1. The lowest BCUT2D eigenvalue weighted by Gasteiger charge is -2.21. The highest BCUT2D eigenvalue weighted by molar-refractivity contribution is 7.92. The molecule has 1 aromatic rings. The van der Waals surface area contributed by atoms with E-state index >= 15 is 0 Å². The summed E-state index contributed by atoms with van der Waals surface area (Å²) in [5.41, 5.74) is 0.704. The molecule has 26 heavy (non-hydrogen) atoms. The molecule has 0 aromatic heterocycles. The van der Waals surface area contributed by atoms with Gasteiger partial charge in [-0.25, -0.2) is 13.2 Å². The van der Waals surface area contributed by atoms with E-state index in [0.29, 0.717) is 23.6 Å². The molecule has 0 unspecified atom stereocenters. The van der Waals surface area contributed by atoms with Gasteiger partial charge in [-0.3, -0.25) is 9.52 Å². The van der Waals surface area contributed by atoms with E-state index in [-0.39, 0.29) is 24.5 Å². The molecule has 0 atom stereocenters. The van der Waals surface area contributed by atoms with Gasteiger partial charge in [0.05, 0.1) is 5.75 Å². The molecule has 8 heteroatoms. The van der Waals surface area contributed by atoms with Crippen molar-refractivity contribution < 1.29 is 23.1 Å². The largest absolute Gasteiger partial charge is 0.465 e. The van der Waals surface area contributed by atoms with Crippen molar-refractivity contribution in [2.45, 2.75) is 44.9 Å². The molecule has 1 saturated carbocycles. The van der Waals surface area contributed by atoms with Gasteiger partial charge < -0.3 is 10.4 Å². The van der Waals surface area contributed by atoms with Gasteiger partial charge in [-0.2, -0.15) is 0 Å². The molecule has 3 N–H and O–H groups in total. The maximum atomic E-state index is 12.3. The van der Waals surface area contributed by atoms with Gasteiger partial charge in [0, 0.05) is 24.2 Å². The van der Waals surface area contributed by atoms with Gasteiger partial charge in [-0.15, -0.1) is 0 Å². The normalized spacial score (nSPS) is 15.4. The van der Waals surface area contributed by atoms with E-state index in [1.54, 1.807) is 18.2 Å². The molecule has 1 aromatic carbocycles. The maximum Gasteiger partial charge on any atom is 0.404 e. The van der Waals surface area contributed by atoms with Crippen LogP contribution in [-0.4, -0.2) is 37.7 Å². The van der Waals surface area contributed by atoms with Gasteiger partial charge in [0.15, 0.2) is 5.78 Å². The van der Waals surface area contributed by atoms with Crippen molar-refractivity contribution in [1.82, 2.24) is 5.32 Å². The van der Waals surface area contributed by atoms with Crippen LogP contribution in [0.5, 0.6) is 0 Å². The third-order valence-electron chi connectivity index (χ3n) is 4.61. The molecule has 2 rings (SSSR count). The first-order chi connectivity index (χ1) is 12.4. The van der Waals surface area contributed by atoms with E-state index in [0.717, 1.165) is 12.8 Å². The minimum absolute atomic E-state index is 0.0180. The van der Waals surface area contributed by atoms with Crippen LogP contribution in [0.3, 0.4) is 0 Å². The third-order valence-corrected chi connectivity index (χ3v) is 5.93. The summed E-state index contributed by atoms with van der Waals surface area (Å²) < 4.78 is 27.1. The molecule has 1 amide bonds. The van der Waals surface area contributed by atoms with Crippen LogP contribution in [0, 0.1) is 5.92 Å². The van der Waals surface area contributed by atoms with E-state index in [4.69, 9.17) is 5.11 Å². The summed E-state index contributed by atoms with van der Waals surface area (Å²) in [4.78, 5) is 22.5. The number of hydrogen-bond donors (Lipinski definition) is 3. The van der Waals surface area contributed by atoms with Gasteiger partial charge in [0.25, 0.3) is 0 Å². The lowest BCUT2D eigenvalue weighted by atomic mass is 9.88. The van der Waals surface area contributed by atoms with Crippen molar-refractivity contribution in [2.24, 2.45) is 5.92 Å². The number of anilines is 1. The predicted octanol–water partition coefficient (Wildman–Crippen LogP) is 3.24. The monoisotopic (exact) mass is 382 g/mol. The van der Waals surface area contributed by atoms with Crippen molar-refractivity contribution in [3.8, 4) is 0 Å². The number of Topliss-reactive ketones (excluding diaryl/α,β-unsaturated/α-hetero) is 1. The first-order valence-corrected chi connectivity index (χ1v) is 10.6. The highest BCUT2D eigenvalue weighted by Gasteiger charge is 2.18.